The average molecular weight is 489 g/mol. The highest BCUT2D eigenvalue weighted by molar-refractivity contribution is 7.89. The molecule has 1 saturated heterocycles. The molecule has 2 heterocycles. The Morgan fingerprint density at radius 1 is 1.09 bits per heavy atom. The third-order valence-corrected chi connectivity index (χ3v) is 8.07. The summed E-state index contributed by atoms with van der Waals surface area (Å²) in [6.45, 7) is 6.61. The van der Waals surface area contributed by atoms with Crippen LogP contribution in [0.15, 0.2) is 65.8 Å². The molecule has 9 heteroatoms. The van der Waals surface area contributed by atoms with Gasteiger partial charge in [0.15, 0.2) is 0 Å². The molecular weight excluding hydrogens is 460 g/mol. The van der Waals surface area contributed by atoms with Crippen LogP contribution in [-0.2, 0) is 27.8 Å². The van der Waals surface area contributed by atoms with Gasteiger partial charge in [-0.05, 0) is 30.7 Å². The molecule has 0 radical (unpaired) electrons. The van der Waals surface area contributed by atoms with E-state index in [4.69, 9.17) is 16.3 Å². The maximum Gasteiger partial charge on any atom is 0.243 e. The fourth-order valence-corrected chi connectivity index (χ4v) is 5.41. The first kappa shape index (κ1) is 23.9. The minimum atomic E-state index is -3.70. The number of halogens is 1. The Balaban J connectivity index is 1.58. The molecule has 0 aliphatic carbocycles. The van der Waals surface area contributed by atoms with Crippen molar-refractivity contribution in [2.45, 2.75) is 24.9 Å². The van der Waals surface area contributed by atoms with Gasteiger partial charge in [0.2, 0.25) is 10.0 Å². The van der Waals surface area contributed by atoms with E-state index < -0.39 is 10.0 Å². The number of sulfonamides is 1. The largest absolute Gasteiger partial charge is 0.379 e. The molecule has 2 aromatic carbocycles. The van der Waals surface area contributed by atoms with E-state index in [9.17, 15) is 8.42 Å². The van der Waals surface area contributed by atoms with E-state index >= 15 is 0 Å². The highest BCUT2D eigenvalue weighted by atomic mass is 35.5. The first-order chi connectivity index (χ1) is 15.9. The van der Waals surface area contributed by atoms with E-state index in [0.29, 0.717) is 48.6 Å². The van der Waals surface area contributed by atoms with Crippen LogP contribution in [-0.4, -0.2) is 66.6 Å². The lowest BCUT2D eigenvalue weighted by Crippen LogP contribution is -2.43. The van der Waals surface area contributed by atoms with Gasteiger partial charge in [-0.1, -0.05) is 47.5 Å². The number of nitrogens with zero attached hydrogens (tertiary/aromatic N) is 4. The summed E-state index contributed by atoms with van der Waals surface area (Å²) >= 11 is 6.34. The molecule has 1 aromatic heterocycles. The fourth-order valence-electron chi connectivity index (χ4n) is 3.82. The van der Waals surface area contributed by atoms with Gasteiger partial charge in [-0.25, -0.2) is 13.4 Å². The SMILES string of the molecule is Cc1ccc(S(=O)(=O)N(CCN2CCOCC2)Cc2nccn2Cc2ccccc2Cl)cc1. The molecule has 0 unspecified atom stereocenters. The Bertz CT molecular complexity index is 1160. The predicted octanol–water partition coefficient (Wildman–Crippen LogP) is 3.42. The minimum Gasteiger partial charge on any atom is -0.379 e. The average Bonchev–Trinajstić information content (AvgIpc) is 3.25. The summed E-state index contributed by atoms with van der Waals surface area (Å²) in [6, 6.07) is 14.6. The Labute approximate surface area is 200 Å². The second-order valence-electron chi connectivity index (χ2n) is 8.17. The van der Waals surface area contributed by atoms with Crippen molar-refractivity contribution in [2.24, 2.45) is 0 Å². The predicted molar refractivity (Wildman–Crippen MR) is 129 cm³/mol. The highest BCUT2D eigenvalue weighted by Crippen LogP contribution is 2.21. The van der Waals surface area contributed by atoms with Crippen LogP contribution in [0.4, 0.5) is 0 Å². The fraction of sp³-hybridized carbons (Fsp3) is 0.375. The molecule has 7 nitrogen and oxygen atoms in total. The molecule has 0 spiro atoms. The van der Waals surface area contributed by atoms with Crippen LogP contribution in [0.3, 0.4) is 0 Å². The van der Waals surface area contributed by atoms with E-state index in [1.807, 2.05) is 54.1 Å². The lowest BCUT2D eigenvalue weighted by molar-refractivity contribution is 0.0360. The number of hydrogen-bond donors (Lipinski definition) is 0. The quantitative estimate of drug-likeness (QED) is 0.461. The molecule has 0 N–H and O–H groups in total. The van der Waals surface area contributed by atoms with Gasteiger partial charge in [0.1, 0.15) is 5.82 Å². The van der Waals surface area contributed by atoms with Gasteiger partial charge < -0.3 is 9.30 Å². The molecule has 0 bridgehead atoms. The molecule has 1 aliphatic rings. The minimum absolute atomic E-state index is 0.179. The van der Waals surface area contributed by atoms with E-state index in [1.165, 1.54) is 4.31 Å². The Morgan fingerprint density at radius 3 is 2.55 bits per heavy atom. The van der Waals surface area contributed by atoms with Gasteiger partial charge in [0.25, 0.3) is 0 Å². The molecule has 1 aliphatic heterocycles. The second-order valence-corrected chi connectivity index (χ2v) is 10.5. The van der Waals surface area contributed by atoms with Crippen molar-refractivity contribution >= 4 is 21.6 Å². The monoisotopic (exact) mass is 488 g/mol. The first-order valence-electron chi connectivity index (χ1n) is 11.0. The Hall–Kier alpha value is -2.23. The topological polar surface area (TPSA) is 67.7 Å². The van der Waals surface area contributed by atoms with Gasteiger partial charge in [-0.2, -0.15) is 4.31 Å². The van der Waals surface area contributed by atoms with Crippen molar-refractivity contribution in [3.05, 3.63) is 82.9 Å². The smallest absolute Gasteiger partial charge is 0.243 e. The van der Waals surface area contributed by atoms with Gasteiger partial charge in [0.05, 0.1) is 31.2 Å². The van der Waals surface area contributed by atoms with Crippen molar-refractivity contribution < 1.29 is 13.2 Å². The van der Waals surface area contributed by atoms with Crippen molar-refractivity contribution in [2.75, 3.05) is 39.4 Å². The number of ether oxygens (including phenoxy) is 1. The number of aryl methyl sites for hydroxylation is 1. The summed E-state index contributed by atoms with van der Waals surface area (Å²) in [4.78, 5) is 7.00. The van der Waals surface area contributed by atoms with Crippen LogP contribution in [0.1, 0.15) is 17.0 Å². The third-order valence-electron chi connectivity index (χ3n) is 5.85. The number of aromatic nitrogens is 2. The zero-order valence-corrected chi connectivity index (χ0v) is 20.3. The molecule has 3 aromatic rings. The Kier molecular flexibility index (Phi) is 7.82. The van der Waals surface area contributed by atoms with Crippen LogP contribution < -0.4 is 0 Å². The van der Waals surface area contributed by atoms with E-state index in [1.54, 1.807) is 18.3 Å². The first-order valence-corrected chi connectivity index (χ1v) is 12.9. The number of imidazole rings is 1. The van der Waals surface area contributed by atoms with Gasteiger partial charge in [-0.3, -0.25) is 4.90 Å². The molecule has 33 heavy (non-hydrogen) atoms. The Morgan fingerprint density at radius 2 is 1.82 bits per heavy atom. The number of benzene rings is 2. The van der Waals surface area contributed by atoms with Crippen molar-refractivity contribution in [3.8, 4) is 0 Å². The van der Waals surface area contributed by atoms with Crippen LogP contribution in [0.25, 0.3) is 0 Å². The molecule has 0 atom stereocenters. The molecule has 0 saturated carbocycles. The van der Waals surface area contributed by atoms with Crippen LogP contribution in [0.5, 0.6) is 0 Å². The molecular formula is C24H29ClN4O3S. The maximum absolute atomic E-state index is 13.6. The van der Waals surface area contributed by atoms with Crippen molar-refractivity contribution in [1.29, 1.82) is 0 Å². The van der Waals surface area contributed by atoms with Gasteiger partial charge in [0, 0.05) is 43.6 Å². The lowest BCUT2D eigenvalue weighted by atomic mass is 10.2. The zero-order valence-electron chi connectivity index (χ0n) is 18.7. The highest BCUT2D eigenvalue weighted by Gasteiger charge is 2.27. The van der Waals surface area contributed by atoms with Gasteiger partial charge >= 0.3 is 0 Å². The number of rotatable bonds is 9. The normalized spacial score (nSPS) is 15.2. The van der Waals surface area contributed by atoms with E-state index in [0.717, 1.165) is 24.2 Å². The summed E-state index contributed by atoms with van der Waals surface area (Å²) in [6.07, 6.45) is 3.56. The summed E-state index contributed by atoms with van der Waals surface area (Å²) in [5.74, 6) is 0.674. The van der Waals surface area contributed by atoms with E-state index in [2.05, 4.69) is 9.88 Å². The molecule has 1 fully saturated rings. The van der Waals surface area contributed by atoms with Crippen LogP contribution >= 0.6 is 11.6 Å². The summed E-state index contributed by atoms with van der Waals surface area (Å²) in [5.41, 5.74) is 1.98. The van der Waals surface area contributed by atoms with Crippen molar-refractivity contribution in [3.63, 3.8) is 0 Å². The standard InChI is InChI=1S/C24H29ClN4O3S/c1-20-6-8-22(9-7-20)33(30,31)29(13-12-27-14-16-32-17-15-27)19-24-26-10-11-28(24)18-21-4-2-3-5-23(21)25/h2-11H,12-19H2,1H3. The van der Waals surface area contributed by atoms with Crippen LogP contribution in [0.2, 0.25) is 5.02 Å². The number of hydrogen-bond acceptors (Lipinski definition) is 5. The lowest BCUT2D eigenvalue weighted by Gasteiger charge is -2.29. The summed E-state index contributed by atoms with van der Waals surface area (Å²) in [5, 5.41) is 0.675. The summed E-state index contributed by atoms with van der Waals surface area (Å²) in [7, 11) is -3.70. The molecule has 4 rings (SSSR count). The number of morpholine rings is 1. The van der Waals surface area contributed by atoms with Crippen LogP contribution in [0, 0.1) is 6.92 Å². The maximum atomic E-state index is 13.6. The summed E-state index contributed by atoms with van der Waals surface area (Å²) < 4.78 is 36.1. The third kappa shape index (κ3) is 6.02. The van der Waals surface area contributed by atoms with Crippen molar-refractivity contribution in [1.82, 2.24) is 18.8 Å². The molecule has 176 valence electrons. The van der Waals surface area contributed by atoms with Gasteiger partial charge in [-0.15, -0.1) is 0 Å². The zero-order chi connectivity index (χ0) is 23.3. The molecule has 0 amide bonds. The van der Waals surface area contributed by atoms with E-state index in [-0.39, 0.29) is 6.54 Å². The second kappa shape index (κ2) is 10.8.